The fourth-order valence-electron chi connectivity index (χ4n) is 3.00. The van der Waals surface area contributed by atoms with Crippen LogP contribution < -0.4 is 5.32 Å². The summed E-state index contributed by atoms with van der Waals surface area (Å²) in [4.78, 5) is 13.4. The summed E-state index contributed by atoms with van der Waals surface area (Å²) in [6.45, 7) is 9.10. The molecule has 0 aromatic rings. The van der Waals surface area contributed by atoms with Crippen LogP contribution in [0.4, 0.5) is 4.79 Å². The smallest absolute Gasteiger partial charge is 0.409 e. The highest BCUT2D eigenvalue weighted by Gasteiger charge is 2.32. The van der Waals surface area contributed by atoms with E-state index in [0.717, 1.165) is 45.3 Å². The maximum atomic E-state index is 11.6. The lowest BCUT2D eigenvalue weighted by molar-refractivity contribution is -0.0159. The van der Waals surface area contributed by atoms with E-state index in [0.29, 0.717) is 18.8 Å². The lowest BCUT2D eigenvalue weighted by atomic mass is 10.0. The fraction of sp³-hybridized carbons (Fsp3) is 0.933. The molecule has 2 fully saturated rings. The van der Waals surface area contributed by atoms with Crippen molar-refractivity contribution >= 4 is 6.09 Å². The standard InChI is InChI=1S/C15H28N2O3/c1-4-19-14(18)17-9-6-12(7-10-17)16-11-13-5-8-15(2,3)20-13/h12-13,16H,4-11H2,1-3H3. The zero-order chi connectivity index (χ0) is 14.6. The Morgan fingerprint density at radius 2 is 2.05 bits per heavy atom. The first-order valence-electron chi connectivity index (χ1n) is 7.83. The second kappa shape index (κ2) is 6.76. The highest BCUT2D eigenvalue weighted by atomic mass is 16.6. The van der Waals surface area contributed by atoms with Crippen molar-refractivity contribution in [3.63, 3.8) is 0 Å². The molecule has 1 N–H and O–H groups in total. The highest BCUT2D eigenvalue weighted by molar-refractivity contribution is 5.67. The number of ether oxygens (including phenoxy) is 2. The molecule has 2 aliphatic heterocycles. The first-order chi connectivity index (χ1) is 9.50. The highest BCUT2D eigenvalue weighted by Crippen LogP contribution is 2.29. The Hall–Kier alpha value is -0.810. The molecule has 1 amide bonds. The fourth-order valence-corrected chi connectivity index (χ4v) is 3.00. The summed E-state index contributed by atoms with van der Waals surface area (Å²) >= 11 is 0. The van der Waals surface area contributed by atoms with E-state index in [9.17, 15) is 4.79 Å². The minimum Gasteiger partial charge on any atom is -0.450 e. The Morgan fingerprint density at radius 3 is 2.60 bits per heavy atom. The van der Waals surface area contributed by atoms with Gasteiger partial charge in [-0.1, -0.05) is 0 Å². The number of hydrogen-bond acceptors (Lipinski definition) is 4. The Bertz CT molecular complexity index is 325. The summed E-state index contributed by atoms with van der Waals surface area (Å²) in [6, 6.07) is 0.494. The number of carbonyl (C=O) groups is 1. The monoisotopic (exact) mass is 284 g/mol. The maximum Gasteiger partial charge on any atom is 0.409 e. The average molecular weight is 284 g/mol. The topological polar surface area (TPSA) is 50.8 Å². The van der Waals surface area contributed by atoms with Crippen molar-refractivity contribution in [3.8, 4) is 0 Å². The van der Waals surface area contributed by atoms with Gasteiger partial charge in [0.1, 0.15) is 0 Å². The Labute approximate surface area is 122 Å². The Kier molecular flexibility index (Phi) is 5.27. The largest absolute Gasteiger partial charge is 0.450 e. The van der Waals surface area contributed by atoms with Crippen molar-refractivity contribution in [2.24, 2.45) is 0 Å². The van der Waals surface area contributed by atoms with Crippen LogP contribution in [0.25, 0.3) is 0 Å². The minimum absolute atomic E-state index is 0.0413. The predicted octanol–water partition coefficient (Wildman–Crippen LogP) is 2.15. The summed E-state index contributed by atoms with van der Waals surface area (Å²) in [5.41, 5.74) is 0.0413. The van der Waals surface area contributed by atoms with E-state index in [-0.39, 0.29) is 11.7 Å². The number of nitrogens with zero attached hydrogens (tertiary/aromatic N) is 1. The van der Waals surface area contributed by atoms with Crippen molar-refractivity contribution in [1.29, 1.82) is 0 Å². The van der Waals surface area contributed by atoms with Crippen LogP contribution in [0.1, 0.15) is 46.5 Å². The molecule has 0 aromatic heterocycles. The zero-order valence-electron chi connectivity index (χ0n) is 13.0. The molecule has 1 unspecified atom stereocenters. The summed E-state index contributed by atoms with van der Waals surface area (Å²) in [5.74, 6) is 0. The Balaban J connectivity index is 1.64. The molecule has 20 heavy (non-hydrogen) atoms. The first kappa shape index (κ1) is 15.6. The number of hydrogen-bond donors (Lipinski definition) is 1. The van der Waals surface area contributed by atoms with Crippen molar-refractivity contribution < 1.29 is 14.3 Å². The van der Waals surface area contributed by atoms with Crippen LogP contribution in [-0.2, 0) is 9.47 Å². The van der Waals surface area contributed by atoms with Crippen LogP contribution in [0.15, 0.2) is 0 Å². The number of piperidine rings is 1. The molecule has 116 valence electrons. The van der Waals surface area contributed by atoms with E-state index in [1.807, 2.05) is 6.92 Å². The summed E-state index contributed by atoms with van der Waals surface area (Å²) in [5, 5.41) is 3.59. The quantitative estimate of drug-likeness (QED) is 0.859. The molecular weight excluding hydrogens is 256 g/mol. The van der Waals surface area contributed by atoms with E-state index in [2.05, 4.69) is 19.2 Å². The van der Waals surface area contributed by atoms with Crippen LogP contribution >= 0.6 is 0 Å². The molecule has 0 radical (unpaired) electrons. The normalized spacial score (nSPS) is 26.8. The van der Waals surface area contributed by atoms with E-state index in [1.165, 1.54) is 0 Å². The lowest BCUT2D eigenvalue weighted by Crippen LogP contribution is -2.46. The van der Waals surface area contributed by atoms with Gasteiger partial charge in [0.15, 0.2) is 0 Å². The lowest BCUT2D eigenvalue weighted by Gasteiger charge is -2.32. The summed E-state index contributed by atoms with van der Waals surface area (Å²) in [6.07, 6.45) is 4.44. The van der Waals surface area contributed by atoms with Gasteiger partial charge < -0.3 is 19.7 Å². The van der Waals surface area contributed by atoms with Gasteiger partial charge in [-0.25, -0.2) is 4.79 Å². The molecule has 0 bridgehead atoms. The third-order valence-corrected chi connectivity index (χ3v) is 4.21. The average Bonchev–Trinajstić information content (AvgIpc) is 2.77. The first-order valence-corrected chi connectivity index (χ1v) is 7.83. The molecule has 0 saturated carbocycles. The van der Waals surface area contributed by atoms with Crippen LogP contribution in [0.2, 0.25) is 0 Å². The second-order valence-corrected chi connectivity index (χ2v) is 6.41. The molecule has 0 aliphatic carbocycles. The van der Waals surface area contributed by atoms with Crippen LogP contribution in [0.5, 0.6) is 0 Å². The van der Waals surface area contributed by atoms with Crippen molar-refractivity contribution in [1.82, 2.24) is 10.2 Å². The molecule has 2 aliphatic rings. The summed E-state index contributed by atoms with van der Waals surface area (Å²) < 4.78 is 11.0. The number of rotatable bonds is 4. The van der Waals surface area contributed by atoms with Crippen LogP contribution in [0.3, 0.4) is 0 Å². The summed E-state index contributed by atoms with van der Waals surface area (Å²) in [7, 11) is 0. The van der Waals surface area contributed by atoms with Gasteiger partial charge in [-0.15, -0.1) is 0 Å². The van der Waals surface area contributed by atoms with Gasteiger partial charge in [0.05, 0.1) is 18.3 Å². The molecular formula is C15H28N2O3. The van der Waals surface area contributed by atoms with E-state index < -0.39 is 0 Å². The van der Waals surface area contributed by atoms with Crippen molar-refractivity contribution in [2.45, 2.75) is 64.2 Å². The van der Waals surface area contributed by atoms with Gasteiger partial charge in [0.25, 0.3) is 0 Å². The van der Waals surface area contributed by atoms with Crippen LogP contribution in [0, 0.1) is 0 Å². The minimum atomic E-state index is -0.174. The predicted molar refractivity (Wildman–Crippen MR) is 77.8 cm³/mol. The van der Waals surface area contributed by atoms with Crippen molar-refractivity contribution in [3.05, 3.63) is 0 Å². The van der Waals surface area contributed by atoms with E-state index in [4.69, 9.17) is 9.47 Å². The Morgan fingerprint density at radius 1 is 1.35 bits per heavy atom. The molecule has 2 heterocycles. The van der Waals surface area contributed by atoms with Gasteiger partial charge in [-0.2, -0.15) is 0 Å². The second-order valence-electron chi connectivity index (χ2n) is 6.41. The van der Waals surface area contributed by atoms with Gasteiger partial charge in [0.2, 0.25) is 0 Å². The molecule has 5 heteroatoms. The molecule has 2 rings (SSSR count). The van der Waals surface area contributed by atoms with Gasteiger partial charge in [-0.05, 0) is 46.5 Å². The third-order valence-electron chi connectivity index (χ3n) is 4.21. The third kappa shape index (κ3) is 4.35. The van der Waals surface area contributed by atoms with E-state index in [1.54, 1.807) is 4.90 Å². The number of nitrogens with one attached hydrogen (secondary N) is 1. The molecule has 5 nitrogen and oxygen atoms in total. The van der Waals surface area contributed by atoms with Crippen molar-refractivity contribution in [2.75, 3.05) is 26.2 Å². The van der Waals surface area contributed by atoms with Gasteiger partial charge >= 0.3 is 6.09 Å². The SMILES string of the molecule is CCOC(=O)N1CCC(NCC2CCC(C)(C)O2)CC1. The zero-order valence-corrected chi connectivity index (χ0v) is 13.0. The van der Waals surface area contributed by atoms with Crippen LogP contribution in [-0.4, -0.2) is 55.0 Å². The molecule has 0 aromatic carbocycles. The number of likely N-dealkylation sites (tertiary alicyclic amines) is 1. The molecule has 2 saturated heterocycles. The number of amides is 1. The molecule has 1 atom stereocenters. The van der Waals surface area contributed by atoms with Gasteiger partial charge in [0, 0.05) is 25.7 Å². The van der Waals surface area contributed by atoms with E-state index >= 15 is 0 Å². The molecule has 0 spiro atoms. The number of carbonyl (C=O) groups excluding carboxylic acids is 1. The maximum absolute atomic E-state index is 11.6. The van der Waals surface area contributed by atoms with Gasteiger partial charge in [-0.3, -0.25) is 0 Å².